The third kappa shape index (κ3) is 5.07. The maximum absolute atomic E-state index is 9.86. The van der Waals surface area contributed by atoms with Gasteiger partial charge in [0.1, 0.15) is 0 Å². The first-order chi connectivity index (χ1) is 7.79. The Morgan fingerprint density at radius 1 is 1.35 bits per heavy atom. The smallest absolute Gasteiger partial charge is 0.0741 e. The van der Waals surface area contributed by atoms with E-state index in [4.69, 9.17) is 11.6 Å². The molecule has 1 rings (SSSR count). The van der Waals surface area contributed by atoms with Gasteiger partial charge in [-0.2, -0.15) is 0 Å². The number of halogens is 1. The third-order valence-electron chi connectivity index (χ3n) is 3.03. The van der Waals surface area contributed by atoms with Crippen molar-refractivity contribution >= 4 is 11.6 Å². The molecule has 17 heavy (non-hydrogen) atoms. The minimum absolute atomic E-state index is 0.0525. The largest absolute Gasteiger partial charge is 0.389 e. The van der Waals surface area contributed by atoms with Gasteiger partial charge >= 0.3 is 0 Å². The highest BCUT2D eigenvalue weighted by molar-refractivity contribution is 6.30. The molecule has 0 aliphatic carbocycles. The summed E-state index contributed by atoms with van der Waals surface area (Å²) in [7, 11) is 0. The van der Waals surface area contributed by atoms with E-state index in [1.165, 1.54) is 5.56 Å². The van der Waals surface area contributed by atoms with Crippen LogP contribution < -0.4 is 5.32 Å². The highest BCUT2D eigenvalue weighted by atomic mass is 35.5. The monoisotopic (exact) mass is 255 g/mol. The minimum Gasteiger partial charge on any atom is -0.389 e. The molecule has 0 saturated heterocycles. The van der Waals surface area contributed by atoms with Crippen molar-refractivity contribution in [2.45, 2.75) is 51.8 Å². The lowest BCUT2D eigenvalue weighted by Crippen LogP contribution is -2.48. The molecular weight excluding hydrogens is 234 g/mol. The summed E-state index contributed by atoms with van der Waals surface area (Å²) in [6.07, 6.45) is 0.904. The highest BCUT2D eigenvalue weighted by Crippen LogP contribution is 2.14. The van der Waals surface area contributed by atoms with E-state index in [-0.39, 0.29) is 6.04 Å². The van der Waals surface area contributed by atoms with Crippen LogP contribution in [-0.2, 0) is 6.42 Å². The summed E-state index contributed by atoms with van der Waals surface area (Å²) in [5, 5.41) is 14.0. The van der Waals surface area contributed by atoms with E-state index in [0.717, 1.165) is 11.4 Å². The number of benzene rings is 1. The SMILES string of the molecule is CC(Cc1cccc(Cl)c1)NC(C)C(C)(C)O. The number of nitrogens with one attached hydrogen (secondary N) is 1. The van der Waals surface area contributed by atoms with Crippen LogP contribution in [0, 0.1) is 0 Å². The van der Waals surface area contributed by atoms with E-state index in [0.29, 0.717) is 6.04 Å². The Morgan fingerprint density at radius 3 is 2.53 bits per heavy atom. The molecule has 0 fully saturated rings. The van der Waals surface area contributed by atoms with Gasteiger partial charge in [-0.1, -0.05) is 23.7 Å². The zero-order valence-electron chi connectivity index (χ0n) is 11.0. The molecule has 0 aliphatic heterocycles. The summed E-state index contributed by atoms with van der Waals surface area (Å²) in [6.45, 7) is 7.74. The second-order valence-corrected chi connectivity index (χ2v) is 5.71. The van der Waals surface area contributed by atoms with Gasteiger partial charge in [0.05, 0.1) is 5.60 Å². The van der Waals surface area contributed by atoms with Crippen molar-refractivity contribution in [2.75, 3.05) is 0 Å². The molecule has 2 unspecified atom stereocenters. The summed E-state index contributed by atoms with van der Waals surface area (Å²) >= 11 is 5.95. The van der Waals surface area contributed by atoms with Gasteiger partial charge in [0, 0.05) is 17.1 Å². The first kappa shape index (κ1) is 14.5. The lowest BCUT2D eigenvalue weighted by atomic mass is 9.98. The summed E-state index contributed by atoms with van der Waals surface area (Å²) < 4.78 is 0. The van der Waals surface area contributed by atoms with Crippen LogP contribution in [0.4, 0.5) is 0 Å². The van der Waals surface area contributed by atoms with Crippen LogP contribution in [0.5, 0.6) is 0 Å². The average molecular weight is 256 g/mol. The van der Waals surface area contributed by atoms with E-state index in [1.807, 2.05) is 39.0 Å². The van der Waals surface area contributed by atoms with E-state index in [1.54, 1.807) is 0 Å². The maximum atomic E-state index is 9.86. The highest BCUT2D eigenvalue weighted by Gasteiger charge is 2.23. The lowest BCUT2D eigenvalue weighted by molar-refractivity contribution is 0.0406. The van der Waals surface area contributed by atoms with Crippen molar-refractivity contribution in [3.8, 4) is 0 Å². The molecule has 1 aromatic carbocycles. The zero-order valence-corrected chi connectivity index (χ0v) is 11.8. The van der Waals surface area contributed by atoms with Crippen LogP contribution in [0.15, 0.2) is 24.3 Å². The summed E-state index contributed by atoms with van der Waals surface area (Å²) in [6, 6.07) is 8.24. The van der Waals surface area contributed by atoms with Crippen molar-refractivity contribution in [3.05, 3.63) is 34.9 Å². The Bertz CT molecular complexity index is 359. The fraction of sp³-hybridized carbons (Fsp3) is 0.571. The van der Waals surface area contributed by atoms with Crippen molar-refractivity contribution in [1.82, 2.24) is 5.32 Å². The fourth-order valence-electron chi connectivity index (χ4n) is 1.71. The molecular formula is C14H22ClNO. The Morgan fingerprint density at radius 2 is 2.00 bits per heavy atom. The summed E-state index contributed by atoms with van der Waals surface area (Å²) in [4.78, 5) is 0. The van der Waals surface area contributed by atoms with Gasteiger partial charge in [-0.3, -0.25) is 0 Å². The topological polar surface area (TPSA) is 32.3 Å². The molecule has 3 heteroatoms. The van der Waals surface area contributed by atoms with Gasteiger partial charge in [-0.05, 0) is 51.8 Å². The van der Waals surface area contributed by atoms with Crippen LogP contribution in [0.3, 0.4) is 0 Å². The number of rotatable bonds is 5. The summed E-state index contributed by atoms with van der Waals surface area (Å²) in [5.74, 6) is 0. The predicted molar refractivity (Wildman–Crippen MR) is 73.5 cm³/mol. The van der Waals surface area contributed by atoms with Crippen LogP contribution in [0.1, 0.15) is 33.3 Å². The molecule has 2 nitrogen and oxygen atoms in total. The standard InChI is InChI=1S/C14H22ClNO/c1-10(16-11(2)14(3,4)17)8-12-6-5-7-13(15)9-12/h5-7,9-11,16-17H,8H2,1-4H3. The lowest BCUT2D eigenvalue weighted by Gasteiger charge is -2.30. The van der Waals surface area contributed by atoms with Crippen LogP contribution in [0.25, 0.3) is 0 Å². The number of aliphatic hydroxyl groups is 1. The van der Waals surface area contributed by atoms with Crippen molar-refractivity contribution < 1.29 is 5.11 Å². The Labute approximate surface area is 109 Å². The molecule has 0 spiro atoms. The number of hydrogen-bond acceptors (Lipinski definition) is 2. The van der Waals surface area contributed by atoms with E-state index >= 15 is 0 Å². The van der Waals surface area contributed by atoms with Gasteiger partial charge in [-0.15, -0.1) is 0 Å². The summed E-state index contributed by atoms with van der Waals surface area (Å²) in [5.41, 5.74) is 0.503. The second-order valence-electron chi connectivity index (χ2n) is 5.28. The quantitative estimate of drug-likeness (QED) is 0.848. The molecule has 0 radical (unpaired) electrons. The second kappa shape index (κ2) is 5.85. The molecule has 2 N–H and O–H groups in total. The van der Waals surface area contributed by atoms with E-state index in [2.05, 4.69) is 18.3 Å². The van der Waals surface area contributed by atoms with Gasteiger partial charge in [0.2, 0.25) is 0 Å². The third-order valence-corrected chi connectivity index (χ3v) is 3.26. The molecule has 0 amide bonds. The van der Waals surface area contributed by atoms with Gasteiger partial charge in [0.15, 0.2) is 0 Å². The van der Waals surface area contributed by atoms with Crippen molar-refractivity contribution in [2.24, 2.45) is 0 Å². The zero-order chi connectivity index (χ0) is 13.1. The first-order valence-electron chi connectivity index (χ1n) is 6.02. The van der Waals surface area contributed by atoms with Crippen molar-refractivity contribution in [3.63, 3.8) is 0 Å². The van der Waals surface area contributed by atoms with E-state index in [9.17, 15) is 5.11 Å². The molecule has 0 bridgehead atoms. The van der Waals surface area contributed by atoms with Crippen LogP contribution >= 0.6 is 11.6 Å². The molecule has 2 atom stereocenters. The first-order valence-corrected chi connectivity index (χ1v) is 6.39. The maximum Gasteiger partial charge on any atom is 0.0741 e. The molecule has 0 heterocycles. The van der Waals surface area contributed by atoms with Gasteiger partial charge in [-0.25, -0.2) is 0 Å². The van der Waals surface area contributed by atoms with Crippen LogP contribution in [0.2, 0.25) is 5.02 Å². The van der Waals surface area contributed by atoms with E-state index < -0.39 is 5.60 Å². The fourth-order valence-corrected chi connectivity index (χ4v) is 1.92. The van der Waals surface area contributed by atoms with Gasteiger partial charge in [0.25, 0.3) is 0 Å². The molecule has 96 valence electrons. The van der Waals surface area contributed by atoms with Crippen molar-refractivity contribution in [1.29, 1.82) is 0 Å². The average Bonchev–Trinajstić information content (AvgIpc) is 2.15. The van der Waals surface area contributed by atoms with Gasteiger partial charge < -0.3 is 10.4 Å². The molecule has 0 aromatic heterocycles. The number of hydrogen-bond donors (Lipinski definition) is 2. The minimum atomic E-state index is -0.706. The van der Waals surface area contributed by atoms with Crippen LogP contribution in [-0.4, -0.2) is 22.8 Å². The molecule has 0 aliphatic rings. The normalized spacial score (nSPS) is 15.6. The Kier molecular flexibility index (Phi) is 4.99. The Hall–Kier alpha value is -0.570. The molecule has 1 aromatic rings. The molecule has 0 saturated carbocycles. The Balaban J connectivity index is 2.53. The predicted octanol–water partition coefficient (Wildman–Crippen LogP) is 3.02.